The van der Waals surface area contributed by atoms with Gasteiger partial charge in [-0.3, -0.25) is 0 Å². The van der Waals surface area contributed by atoms with Gasteiger partial charge in [-0.25, -0.2) is 0 Å². The number of nitrogen functional groups attached to an aromatic ring is 1. The number of nitrogens with zero attached hydrogens (tertiary/aromatic N) is 2. The molecule has 0 saturated heterocycles. The van der Waals surface area contributed by atoms with E-state index in [1.165, 1.54) is 0 Å². The largest absolute Gasteiger partial charge is 0.382 e. The highest BCUT2D eigenvalue weighted by Gasteiger charge is 2.07. The van der Waals surface area contributed by atoms with Gasteiger partial charge in [-0.15, -0.1) is 10.2 Å². The second-order valence-electron chi connectivity index (χ2n) is 2.11. The molecule has 0 bridgehead atoms. The van der Waals surface area contributed by atoms with Crippen molar-refractivity contribution in [3.05, 3.63) is 16.3 Å². The van der Waals surface area contributed by atoms with Crippen LogP contribution in [-0.4, -0.2) is 10.2 Å². The van der Waals surface area contributed by atoms with Gasteiger partial charge >= 0.3 is 0 Å². The molecule has 0 saturated carbocycles. The lowest BCUT2D eigenvalue weighted by atomic mass is 10.2. The molecule has 3 nitrogen and oxygen atoms in total. The first kappa shape index (κ1) is 8.74. The number of hydrogen-bond acceptors (Lipinski definition) is 3. The zero-order valence-corrected chi connectivity index (χ0v) is 8.28. The minimum Gasteiger partial charge on any atom is -0.382 e. The maximum Gasteiger partial charge on any atom is 0.155 e. The van der Waals surface area contributed by atoms with Crippen molar-refractivity contribution in [3.63, 3.8) is 0 Å². The summed E-state index contributed by atoms with van der Waals surface area (Å²) in [7, 11) is 0. The van der Waals surface area contributed by atoms with Gasteiger partial charge in [0, 0.05) is 10.9 Å². The monoisotopic (exact) mass is 235 g/mol. The van der Waals surface area contributed by atoms with E-state index in [0.717, 1.165) is 11.1 Å². The molecule has 0 unspecified atom stereocenters. The number of nitrogens with two attached hydrogens (primary N) is 1. The summed E-state index contributed by atoms with van der Waals surface area (Å²) in [6.07, 6.45) is 0. The molecule has 0 aromatic carbocycles. The van der Waals surface area contributed by atoms with Crippen LogP contribution in [0, 0.1) is 6.92 Å². The summed E-state index contributed by atoms with van der Waals surface area (Å²) in [6, 6.07) is 0. The Morgan fingerprint density at radius 1 is 1.55 bits per heavy atom. The second-order valence-corrected chi connectivity index (χ2v) is 3.03. The van der Waals surface area contributed by atoms with Crippen LogP contribution in [0.4, 0.5) is 5.82 Å². The Hall–Kier alpha value is -0.350. The lowest BCUT2D eigenvalue weighted by molar-refractivity contribution is 1.01. The molecule has 1 aromatic heterocycles. The predicted molar refractivity (Wildman–Crippen MR) is 48.8 cm³/mol. The lowest BCUT2D eigenvalue weighted by Gasteiger charge is -2.04. The van der Waals surface area contributed by atoms with Crippen LogP contribution in [0.15, 0.2) is 0 Å². The molecule has 11 heavy (non-hydrogen) atoms. The minimum atomic E-state index is 0.411. The maximum atomic E-state index is 5.71. The zero-order valence-electron chi connectivity index (χ0n) is 5.93. The van der Waals surface area contributed by atoms with Crippen LogP contribution in [0.5, 0.6) is 0 Å². The Morgan fingerprint density at radius 2 is 2.18 bits per heavy atom. The molecular formula is C6H7BrClN3. The predicted octanol–water partition coefficient (Wildman–Crippen LogP) is 1.92. The Labute approximate surface area is 78.1 Å². The highest BCUT2D eigenvalue weighted by Crippen LogP contribution is 2.21. The van der Waals surface area contributed by atoms with Crippen LogP contribution in [0.2, 0.25) is 5.15 Å². The van der Waals surface area contributed by atoms with Gasteiger partial charge in [-0.05, 0) is 12.5 Å². The highest BCUT2D eigenvalue weighted by atomic mass is 79.9. The number of aromatic nitrogens is 2. The van der Waals surface area contributed by atoms with Gasteiger partial charge in [-0.1, -0.05) is 27.5 Å². The quantitative estimate of drug-likeness (QED) is 0.758. The van der Waals surface area contributed by atoms with Crippen molar-refractivity contribution in [2.45, 2.75) is 12.3 Å². The number of anilines is 1. The summed E-state index contributed by atoms with van der Waals surface area (Å²) in [6.45, 7) is 1.87. The van der Waals surface area contributed by atoms with E-state index >= 15 is 0 Å². The van der Waals surface area contributed by atoms with E-state index in [0.29, 0.717) is 16.3 Å². The molecule has 60 valence electrons. The van der Waals surface area contributed by atoms with Crippen molar-refractivity contribution in [3.8, 4) is 0 Å². The average molecular weight is 236 g/mol. The van der Waals surface area contributed by atoms with E-state index in [-0.39, 0.29) is 0 Å². The SMILES string of the molecule is Cc1c(Cl)nnc(N)c1CBr. The maximum absolute atomic E-state index is 5.71. The third kappa shape index (κ3) is 1.62. The average Bonchev–Trinajstić information content (AvgIpc) is 1.99. The molecule has 0 atom stereocenters. The van der Waals surface area contributed by atoms with Gasteiger partial charge in [0.2, 0.25) is 0 Å². The van der Waals surface area contributed by atoms with E-state index in [9.17, 15) is 0 Å². The summed E-state index contributed by atoms with van der Waals surface area (Å²) < 4.78 is 0. The van der Waals surface area contributed by atoms with Crippen molar-refractivity contribution in [2.75, 3.05) is 5.73 Å². The van der Waals surface area contributed by atoms with E-state index in [1.54, 1.807) is 0 Å². The molecule has 1 rings (SSSR count). The summed E-state index contributed by atoms with van der Waals surface area (Å²) in [5.74, 6) is 0.434. The summed E-state index contributed by atoms with van der Waals surface area (Å²) in [5, 5.41) is 8.40. The highest BCUT2D eigenvalue weighted by molar-refractivity contribution is 9.08. The van der Waals surface area contributed by atoms with Gasteiger partial charge in [0.05, 0.1) is 0 Å². The topological polar surface area (TPSA) is 51.8 Å². The van der Waals surface area contributed by atoms with Crippen LogP contribution >= 0.6 is 27.5 Å². The van der Waals surface area contributed by atoms with E-state index in [2.05, 4.69) is 26.1 Å². The fourth-order valence-corrected chi connectivity index (χ4v) is 1.58. The number of rotatable bonds is 1. The van der Waals surface area contributed by atoms with E-state index in [1.807, 2.05) is 6.92 Å². The number of halogens is 2. The molecule has 0 aliphatic carbocycles. The van der Waals surface area contributed by atoms with Crippen LogP contribution in [0.25, 0.3) is 0 Å². The Bertz CT molecular complexity index is 277. The molecule has 5 heteroatoms. The van der Waals surface area contributed by atoms with E-state index < -0.39 is 0 Å². The first-order valence-corrected chi connectivity index (χ1v) is 4.50. The number of hydrogen-bond donors (Lipinski definition) is 1. The first-order chi connectivity index (χ1) is 5.16. The Balaban J connectivity index is 3.29. The first-order valence-electron chi connectivity index (χ1n) is 3.00. The fraction of sp³-hybridized carbons (Fsp3) is 0.333. The number of alkyl halides is 1. The third-order valence-corrected chi connectivity index (χ3v) is 2.37. The third-order valence-electron chi connectivity index (χ3n) is 1.45. The van der Waals surface area contributed by atoms with Gasteiger partial charge in [0.15, 0.2) is 11.0 Å². The fourth-order valence-electron chi connectivity index (χ4n) is 0.718. The van der Waals surface area contributed by atoms with Crippen LogP contribution < -0.4 is 5.73 Å². The van der Waals surface area contributed by atoms with Crippen molar-refractivity contribution >= 4 is 33.3 Å². The Morgan fingerprint density at radius 3 is 2.64 bits per heavy atom. The molecule has 2 N–H and O–H groups in total. The van der Waals surface area contributed by atoms with Crippen LogP contribution in [0.3, 0.4) is 0 Å². The molecule has 1 heterocycles. The van der Waals surface area contributed by atoms with Gasteiger partial charge in [-0.2, -0.15) is 0 Å². The normalized spacial score (nSPS) is 10.1. The van der Waals surface area contributed by atoms with Gasteiger partial charge < -0.3 is 5.73 Å². The van der Waals surface area contributed by atoms with Gasteiger partial charge in [0.1, 0.15) is 0 Å². The molecule has 0 amide bonds. The van der Waals surface area contributed by atoms with Crippen LogP contribution in [0.1, 0.15) is 11.1 Å². The second kappa shape index (κ2) is 3.36. The molecule has 0 aliphatic heterocycles. The lowest BCUT2D eigenvalue weighted by Crippen LogP contribution is -2.01. The molecule has 0 aliphatic rings. The summed E-state index contributed by atoms with van der Waals surface area (Å²) in [4.78, 5) is 0. The van der Waals surface area contributed by atoms with Crippen molar-refractivity contribution in [1.29, 1.82) is 0 Å². The smallest absolute Gasteiger partial charge is 0.155 e. The summed E-state index contributed by atoms with van der Waals surface area (Å²) >= 11 is 9.00. The van der Waals surface area contributed by atoms with Crippen molar-refractivity contribution in [2.24, 2.45) is 0 Å². The minimum absolute atomic E-state index is 0.411. The standard InChI is InChI=1S/C6H7BrClN3/c1-3-4(2-7)6(9)11-10-5(3)8/h2H2,1H3,(H2,9,11). The summed E-state index contributed by atoms with van der Waals surface area (Å²) in [5.41, 5.74) is 7.33. The Kier molecular flexibility index (Phi) is 2.67. The molecule has 0 fully saturated rings. The van der Waals surface area contributed by atoms with E-state index in [4.69, 9.17) is 17.3 Å². The van der Waals surface area contributed by atoms with Crippen molar-refractivity contribution in [1.82, 2.24) is 10.2 Å². The molecule has 1 aromatic rings. The molecule has 0 radical (unpaired) electrons. The van der Waals surface area contributed by atoms with Crippen molar-refractivity contribution < 1.29 is 0 Å². The molecule has 0 spiro atoms. The molecular weight excluding hydrogens is 229 g/mol. The zero-order chi connectivity index (χ0) is 8.43. The van der Waals surface area contributed by atoms with Gasteiger partial charge in [0.25, 0.3) is 0 Å². The van der Waals surface area contributed by atoms with Crippen LogP contribution in [-0.2, 0) is 5.33 Å².